The molecular weight excluding hydrogens is 218 g/mol. The number of carbonyl (C=O) groups excluding carboxylic acids is 2. The van der Waals surface area contributed by atoms with E-state index in [2.05, 4.69) is 5.48 Å². The van der Waals surface area contributed by atoms with Crippen molar-refractivity contribution in [3.8, 4) is 0 Å². The number of hydrogen-bond donors (Lipinski definition) is 1. The number of carbonyl (C=O) groups is 2. The molecule has 1 amide bonds. The second-order valence-electron chi connectivity index (χ2n) is 5.86. The van der Waals surface area contributed by atoms with Gasteiger partial charge in [0.1, 0.15) is 6.29 Å². The molecule has 1 rings (SSSR count). The Labute approximate surface area is 103 Å². The van der Waals surface area contributed by atoms with Crippen molar-refractivity contribution in [2.24, 2.45) is 11.8 Å². The highest BCUT2D eigenvalue weighted by atomic mass is 16.7. The minimum atomic E-state index is -0.356. The number of rotatable bonds is 4. The number of aldehydes is 1. The predicted molar refractivity (Wildman–Crippen MR) is 65.1 cm³/mol. The van der Waals surface area contributed by atoms with Crippen LogP contribution in [-0.2, 0) is 14.4 Å². The molecule has 0 bridgehead atoms. The lowest BCUT2D eigenvalue weighted by atomic mass is 9.81. The summed E-state index contributed by atoms with van der Waals surface area (Å²) in [4.78, 5) is 27.4. The zero-order chi connectivity index (χ0) is 12.9. The zero-order valence-electron chi connectivity index (χ0n) is 11.0. The van der Waals surface area contributed by atoms with E-state index in [1.54, 1.807) is 0 Å². The summed E-state index contributed by atoms with van der Waals surface area (Å²) in [7, 11) is 0. The SMILES string of the molecule is CC(C)(C)ONC(=O)CC1CCC(C=O)CC1. The van der Waals surface area contributed by atoms with Gasteiger partial charge in [-0.15, -0.1) is 0 Å². The van der Waals surface area contributed by atoms with Crippen LogP contribution < -0.4 is 5.48 Å². The Morgan fingerprint density at radius 1 is 1.29 bits per heavy atom. The predicted octanol–water partition coefficient (Wildman–Crippen LogP) is 2.23. The molecule has 1 aliphatic rings. The fraction of sp³-hybridized carbons (Fsp3) is 0.846. The summed E-state index contributed by atoms with van der Waals surface area (Å²) < 4.78 is 0. The van der Waals surface area contributed by atoms with Crippen LogP contribution in [-0.4, -0.2) is 17.8 Å². The van der Waals surface area contributed by atoms with Crippen LogP contribution in [0.2, 0.25) is 0 Å². The molecule has 1 saturated carbocycles. The fourth-order valence-corrected chi connectivity index (χ4v) is 2.04. The summed E-state index contributed by atoms with van der Waals surface area (Å²) in [6.45, 7) is 5.67. The molecule has 0 aromatic heterocycles. The first-order valence-electron chi connectivity index (χ1n) is 6.33. The Morgan fingerprint density at radius 2 is 1.88 bits per heavy atom. The van der Waals surface area contributed by atoms with Crippen molar-refractivity contribution in [2.75, 3.05) is 0 Å². The van der Waals surface area contributed by atoms with Gasteiger partial charge in [-0.05, 0) is 52.4 Å². The van der Waals surface area contributed by atoms with Crippen LogP contribution in [0.3, 0.4) is 0 Å². The first kappa shape index (κ1) is 14.2. The smallest absolute Gasteiger partial charge is 0.243 e. The second kappa shape index (κ2) is 6.15. The summed E-state index contributed by atoms with van der Waals surface area (Å²) in [5.74, 6) is 0.546. The maximum atomic E-state index is 11.6. The molecule has 1 aliphatic carbocycles. The van der Waals surface area contributed by atoms with E-state index in [1.807, 2.05) is 20.8 Å². The van der Waals surface area contributed by atoms with Crippen LogP contribution in [0.5, 0.6) is 0 Å². The maximum absolute atomic E-state index is 11.6. The lowest BCUT2D eigenvalue weighted by molar-refractivity contribution is -0.146. The average Bonchev–Trinajstić information content (AvgIpc) is 2.27. The lowest BCUT2D eigenvalue weighted by Crippen LogP contribution is -2.34. The largest absolute Gasteiger partial charge is 0.303 e. The first-order chi connectivity index (χ1) is 7.90. The van der Waals surface area contributed by atoms with Crippen molar-refractivity contribution >= 4 is 12.2 Å². The van der Waals surface area contributed by atoms with Gasteiger partial charge in [0.15, 0.2) is 0 Å². The van der Waals surface area contributed by atoms with Gasteiger partial charge < -0.3 is 4.79 Å². The molecule has 0 aromatic rings. The summed E-state index contributed by atoms with van der Waals surface area (Å²) in [5.41, 5.74) is 2.13. The van der Waals surface area contributed by atoms with Crippen LogP contribution >= 0.6 is 0 Å². The van der Waals surface area contributed by atoms with Crippen LogP contribution in [0.4, 0.5) is 0 Å². The number of hydroxylamine groups is 1. The van der Waals surface area contributed by atoms with Crippen molar-refractivity contribution in [3.05, 3.63) is 0 Å². The van der Waals surface area contributed by atoms with E-state index in [4.69, 9.17) is 4.84 Å². The quantitative estimate of drug-likeness (QED) is 0.606. The van der Waals surface area contributed by atoms with E-state index in [-0.39, 0.29) is 17.4 Å². The van der Waals surface area contributed by atoms with Crippen molar-refractivity contribution in [1.29, 1.82) is 0 Å². The van der Waals surface area contributed by atoms with Gasteiger partial charge in [-0.1, -0.05) is 0 Å². The van der Waals surface area contributed by atoms with Crippen molar-refractivity contribution in [3.63, 3.8) is 0 Å². The van der Waals surface area contributed by atoms with Crippen LogP contribution in [0.15, 0.2) is 0 Å². The van der Waals surface area contributed by atoms with Crippen LogP contribution in [0.1, 0.15) is 52.9 Å². The first-order valence-corrected chi connectivity index (χ1v) is 6.33. The molecule has 0 saturated heterocycles. The van der Waals surface area contributed by atoms with Crippen LogP contribution in [0, 0.1) is 11.8 Å². The third-order valence-electron chi connectivity index (χ3n) is 3.03. The minimum absolute atomic E-state index is 0.0607. The Hall–Kier alpha value is -0.900. The highest BCUT2D eigenvalue weighted by molar-refractivity contribution is 5.75. The number of amides is 1. The van der Waals surface area contributed by atoms with Gasteiger partial charge in [0.25, 0.3) is 0 Å². The molecular formula is C13H23NO3. The van der Waals surface area contributed by atoms with Gasteiger partial charge >= 0.3 is 0 Å². The number of nitrogens with one attached hydrogen (secondary N) is 1. The van der Waals surface area contributed by atoms with Gasteiger partial charge in [0.05, 0.1) is 5.60 Å². The standard InChI is InChI=1S/C13H23NO3/c1-13(2,3)17-14-12(16)8-10-4-6-11(9-15)7-5-10/h9-11H,4-8H2,1-3H3,(H,14,16). The van der Waals surface area contributed by atoms with Gasteiger partial charge in [0.2, 0.25) is 5.91 Å². The normalized spacial score (nSPS) is 25.4. The minimum Gasteiger partial charge on any atom is -0.303 e. The molecule has 17 heavy (non-hydrogen) atoms. The van der Waals surface area contributed by atoms with E-state index in [9.17, 15) is 9.59 Å². The molecule has 0 aromatic carbocycles. The molecule has 0 aliphatic heterocycles. The molecule has 4 nitrogen and oxygen atoms in total. The lowest BCUT2D eigenvalue weighted by Gasteiger charge is -2.25. The Balaban J connectivity index is 2.21. The third kappa shape index (κ3) is 5.82. The second-order valence-corrected chi connectivity index (χ2v) is 5.86. The van der Waals surface area contributed by atoms with Gasteiger partial charge in [-0.3, -0.25) is 9.63 Å². The molecule has 1 N–H and O–H groups in total. The molecule has 0 heterocycles. The number of hydrogen-bond acceptors (Lipinski definition) is 3. The van der Waals surface area contributed by atoms with Gasteiger partial charge in [-0.2, -0.15) is 0 Å². The van der Waals surface area contributed by atoms with Crippen molar-refractivity contribution < 1.29 is 14.4 Å². The van der Waals surface area contributed by atoms with E-state index in [1.165, 1.54) is 0 Å². The molecule has 4 heteroatoms. The van der Waals surface area contributed by atoms with Gasteiger partial charge in [0, 0.05) is 12.3 Å². The molecule has 0 atom stereocenters. The van der Waals surface area contributed by atoms with E-state index < -0.39 is 0 Å². The Bertz CT molecular complexity index is 262. The third-order valence-corrected chi connectivity index (χ3v) is 3.03. The molecule has 0 spiro atoms. The fourth-order valence-electron chi connectivity index (χ4n) is 2.04. The van der Waals surface area contributed by atoms with Gasteiger partial charge in [-0.25, -0.2) is 5.48 Å². The molecule has 98 valence electrons. The summed E-state index contributed by atoms with van der Waals surface area (Å²) in [5, 5.41) is 0. The monoisotopic (exact) mass is 241 g/mol. The van der Waals surface area contributed by atoms with E-state index in [0.717, 1.165) is 32.0 Å². The molecule has 0 radical (unpaired) electrons. The topological polar surface area (TPSA) is 55.4 Å². The average molecular weight is 241 g/mol. The van der Waals surface area contributed by atoms with Crippen molar-refractivity contribution in [2.45, 2.75) is 58.5 Å². The molecule has 0 unspecified atom stereocenters. The van der Waals surface area contributed by atoms with E-state index >= 15 is 0 Å². The van der Waals surface area contributed by atoms with Crippen molar-refractivity contribution in [1.82, 2.24) is 5.48 Å². The summed E-state index contributed by atoms with van der Waals surface area (Å²) in [6, 6.07) is 0. The zero-order valence-corrected chi connectivity index (χ0v) is 11.0. The maximum Gasteiger partial charge on any atom is 0.243 e. The Morgan fingerprint density at radius 3 is 2.35 bits per heavy atom. The summed E-state index contributed by atoms with van der Waals surface area (Å²) >= 11 is 0. The molecule has 1 fully saturated rings. The van der Waals surface area contributed by atoms with Crippen LogP contribution in [0.25, 0.3) is 0 Å². The highest BCUT2D eigenvalue weighted by Gasteiger charge is 2.23. The Kier molecular flexibility index (Phi) is 5.12. The highest BCUT2D eigenvalue weighted by Crippen LogP contribution is 2.29. The summed E-state index contributed by atoms with van der Waals surface area (Å²) in [6.07, 6.45) is 5.31. The van der Waals surface area contributed by atoms with E-state index in [0.29, 0.717) is 12.3 Å².